The van der Waals surface area contributed by atoms with E-state index in [0.29, 0.717) is 18.7 Å². The van der Waals surface area contributed by atoms with Crippen LogP contribution in [-0.4, -0.2) is 22.3 Å². The van der Waals surface area contributed by atoms with E-state index in [4.69, 9.17) is 15.9 Å². The van der Waals surface area contributed by atoms with Crippen LogP contribution in [0, 0.1) is 12.3 Å². The van der Waals surface area contributed by atoms with Gasteiger partial charge in [0, 0.05) is 24.1 Å². The number of carbonyl (C=O) groups is 1. The van der Waals surface area contributed by atoms with Gasteiger partial charge in [-0.15, -0.1) is 6.42 Å². The van der Waals surface area contributed by atoms with Gasteiger partial charge in [-0.3, -0.25) is 9.78 Å². The Morgan fingerprint density at radius 1 is 1.15 bits per heavy atom. The van der Waals surface area contributed by atoms with Crippen molar-refractivity contribution in [3.05, 3.63) is 107 Å². The molecule has 0 saturated carbocycles. The number of hydrogen-bond donors (Lipinski definition) is 2. The van der Waals surface area contributed by atoms with Crippen LogP contribution in [0.25, 0.3) is 0 Å². The molecule has 0 radical (unpaired) electrons. The van der Waals surface area contributed by atoms with Crippen molar-refractivity contribution in [1.29, 1.82) is 0 Å². The van der Waals surface area contributed by atoms with Gasteiger partial charge in [-0.05, 0) is 47.0 Å². The molecule has 1 aliphatic rings. The molecular weight excluding hydrogens is 416 g/mol. The van der Waals surface area contributed by atoms with Gasteiger partial charge in [0.15, 0.2) is 5.76 Å². The van der Waals surface area contributed by atoms with Crippen LogP contribution in [0.5, 0.6) is 0 Å². The van der Waals surface area contributed by atoms with Gasteiger partial charge in [0.2, 0.25) is 6.29 Å². The summed E-state index contributed by atoms with van der Waals surface area (Å²) < 4.78 is 11.9. The number of aliphatic hydroxyl groups is 1. The summed E-state index contributed by atoms with van der Waals surface area (Å²) in [7, 11) is 0. The highest BCUT2D eigenvalue weighted by atomic mass is 16.7. The number of benzene rings is 2. The molecule has 6 heteroatoms. The highest BCUT2D eigenvalue weighted by molar-refractivity contribution is 6.02. The van der Waals surface area contributed by atoms with Crippen LogP contribution in [0.15, 0.2) is 84.9 Å². The number of nitrogens with one attached hydrogen (secondary N) is 1. The van der Waals surface area contributed by atoms with E-state index in [1.54, 1.807) is 24.5 Å². The Kier molecular flexibility index (Phi) is 7.16. The molecule has 0 bridgehead atoms. The Morgan fingerprint density at radius 3 is 2.58 bits per heavy atom. The van der Waals surface area contributed by atoms with Crippen molar-refractivity contribution in [1.82, 2.24) is 4.98 Å². The fraction of sp³-hybridized carbons (Fsp3) is 0.185. The van der Waals surface area contributed by atoms with Crippen molar-refractivity contribution in [2.45, 2.75) is 31.8 Å². The quantitative estimate of drug-likeness (QED) is 0.540. The number of carbonyl (C=O) groups excluding carboxylic acids is 1. The SMILES string of the molecule is C#Cc1ccc([C@@H]2C=C(C(=O)Nc3cccnc3)O[C@H](OCc3ccc(CO)cc3)C2)cc1. The van der Waals surface area contributed by atoms with Crippen molar-refractivity contribution < 1.29 is 19.4 Å². The zero-order valence-electron chi connectivity index (χ0n) is 18.0. The molecule has 166 valence electrons. The summed E-state index contributed by atoms with van der Waals surface area (Å²) in [6.07, 6.45) is 10.4. The number of rotatable bonds is 7. The van der Waals surface area contributed by atoms with E-state index in [0.717, 1.165) is 22.3 Å². The van der Waals surface area contributed by atoms with E-state index in [1.165, 1.54) is 0 Å². The summed E-state index contributed by atoms with van der Waals surface area (Å²) in [5.74, 6) is 2.36. The Morgan fingerprint density at radius 2 is 1.91 bits per heavy atom. The minimum atomic E-state index is -0.612. The summed E-state index contributed by atoms with van der Waals surface area (Å²) in [5, 5.41) is 12.0. The molecule has 0 unspecified atom stereocenters. The van der Waals surface area contributed by atoms with Crippen LogP contribution in [0.3, 0.4) is 0 Å². The normalized spacial score (nSPS) is 17.4. The maximum Gasteiger partial charge on any atom is 0.290 e. The van der Waals surface area contributed by atoms with Gasteiger partial charge >= 0.3 is 0 Å². The molecular formula is C27H24N2O4. The first kappa shape index (κ1) is 22.3. The topological polar surface area (TPSA) is 80.7 Å². The monoisotopic (exact) mass is 440 g/mol. The maximum atomic E-state index is 12.9. The highest BCUT2D eigenvalue weighted by Crippen LogP contribution is 2.32. The lowest BCUT2D eigenvalue weighted by Gasteiger charge is -2.29. The molecule has 6 nitrogen and oxygen atoms in total. The van der Waals surface area contributed by atoms with E-state index in [2.05, 4.69) is 16.2 Å². The van der Waals surface area contributed by atoms with Crippen LogP contribution in [0.1, 0.15) is 34.6 Å². The molecule has 0 spiro atoms. The lowest BCUT2D eigenvalue weighted by molar-refractivity contribution is -0.147. The third kappa shape index (κ3) is 5.86. The third-order valence-corrected chi connectivity index (χ3v) is 5.35. The van der Waals surface area contributed by atoms with Crippen molar-refractivity contribution >= 4 is 11.6 Å². The van der Waals surface area contributed by atoms with Crippen LogP contribution in [0.4, 0.5) is 5.69 Å². The Hall–Kier alpha value is -3.92. The van der Waals surface area contributed by atoms with Crippen LogP contribution < -0.4 is 5.32 Å². The second-order valence-corrected chi connectivity index (χ2v) is 7.67. The first-order valence-corrected chi connectivity index (χ1v) is 10.6. The molecule has 1 amide bonds. The molecule has 1 aromatic heterocycles. The molecule has 2 aromatic carbocycles. The van der Waals surface area contributed by atoms with Gasteiger partial charge in [-0.25, -0.2) is 0 Å². The van der Waals surface area contributed by atoms with Crippen molar-refractivity contribution in [2.75, 3.05) is 5.32 Å². The summed E-state index contributed by atoms with van der Waals surface area (Å²) in [5.41, 5.74) is 4.17. The standard InChI is InChI=1S/C27H24N2O4/c1-2-19-9-11-22(12-10-19)23-14-25(27(31)29-24-4-3-13-28-16-24)33-26(15-23)32-18-21-7-5-20(17-30)6-8-21/h1,3-14,16,23,26,30H,15,17-18H2,(H,29,31)/t23-,26+/m1/s1. The molecule has 2 heterocycles. The summed E-state index contributed by atoms with van der Waals surface area (Å²) in [6.45, 7) is 0.309. The van der Waals surface area contributed by atoms with Gasteiger partial charge in [0.25, 0.3) is 5.91 Å². The molecule has 1 aliphatic heterocycles. The summed E-state index contributed by atoms with van der Waals surface area (Å²) in [4.78, 5) is 16.9. The first-order chi connectivity index (χ1) is 16.1. The molecule has 4 rings (SSSR count). The average Bonchev–Trinajstić information content (AvgIpc) is 2.88. The Labute approximate surface area is 192 Å². The Balaban J connectivity index is 1.51. The number of terminal acetylenes is 1. The number of aliphatic hydroxyl groups excluding tert-OH is 1. The van der Waals surface area contributed by atoms with Gasteiger partial charge in [-0.2, -0.15) is 0 Å². The molecule has 33 heavy (non-hydrogen) atoms. The minimum absolute atomic E-state index is 0.00673. The Bertz CT molecular complexity index is 1150. The maximum absolute atomic E-state index is 12.9. The zero-order valence-corrected chi connectivity index (χ0v) is 18.0. The van der Waals surface area contributed by atoms with Gasteiger partial charge < -0.3 is 19.9 Å². The van der Waals surface area contributed by atoms with E-state index in [9.17, 15) is 9.90 Å². The number of pyridine rings is 1. The molecule has 0 aliphatic carbocycles. The van der Waals surface area contributed by atoms with Gasteiger partial charge in [0.05, 0.1) is 25.1 Å². The van der Waals surface area contributed by atoms with Crippen molar-refractivity contribution in [3.63, 3.8) is 0 Å². The first-order valence-electron chi connectivity index (χ1n) is 10.6. The average molecular weight is 440 g/mol. The third-order valence-electron chi connectivity index (χ3n) is 5.35. The molecule has 2 atom stereocenters. The fourth-order valence-electron chi connectivity index (χ4n) is 3.54. The minimum Gasteiger partial charge on any atom is -0.459 e. The van der Waals surface area contributed by atoms with Gasteiger partial charge in [0.1, 0.15) is 0 Å². The van der Waals surface area contributed by atoms with Crippen molar-refractivity contribution in [2.24, 2.45) is 0 Å². The number of aromatic nitrogens is 1. The highest BCUT2D eigenvalue weighted by Gasteiger charge is 2.29. The number of anilines is 1. The van der Waals surface area contributed by atoms with Crippen LogP contribution in [0.2, 0.25) is 0 Å². The smallest absolute Gasteiger partial charge is 0.290 e. The second kappa shape index (κ2) is 10.6. The van der Waals surface area contributed by atoms with Crippen LogP contribution >= 0.6 is 0 Å². The van der Waals surface area contributed by atoms with Crippen LogP contribution in [-0.2, 0) is 27.5 Å². The molecule has 2 N–H and O–H groups in total. The zero-order chi connectivity index (χ0) is 23.0. The van der Waals surface area contributed by atoms with E-state index < -0.39 is 6.29 Å². The van der Waals surface area contributed by atoms with E-state index >= 15 is 0 Å². The predicted octanol–water partition coefficient (Wildman–Crippen LogP) is 4.12. The summed E-state index contributed by atoms with van der Waals surface area (Å²) >= 11 is 0. The second-order valence-electron chi connectivity index (χ2n) is 7.67. The number of allylic oxidation sites excluding steroid dienone is 1. The number of amides is 1. The van der Waals surface area contributed by atoms with Gasteiger partial charge in [-0.1, -0.05) is 42.3 Å². The largest absolute Gasteiger partial charge is 0.459 e. The fourth-order valence-corrected chi connectivity index (χ4v) is 3.54. The molecule has 0 saturated heterocycles. The lowest BCUT2D eigenvalue weighted by atomic mass is 9.92. The van der Waals surface area contributed by atoms with Crippen molar-refractivity contribution in [3.8, 4) is 12.3 Å². The molecule has 3 aromatic rings. The van der Waals surface area contributed by atoms with E-state index in [1.807, 2.05) is 54.6 Å². The number of ether oxygens (including phenoxy) is 2. The molecule has 0 fully saturated rings. The predicted molar refractivity (Wildman–Crippen MR) is 125 cm³/mol. The van der Waals surface area contributed by atoms with E-state index in [-0.39, 0.29) is 24.2 Å². The lowest BCUT2D eigenvalue weighted by Crippen LogP contribution is -2.29. The summed E-state index contributed by atoms with van der Waals surface area (Å²) in [6, 6.07) is 18.7. The number of hydrogen-bond acceptors (Lipinski definition) is 5. The number of nitrogens with zero attached hydrogens (tertiary/aromatic N) is 1.